The summed E-state index contributed by atoms with van der Waals surface area (Å²) < 4.78 is 10.5. The molecule has 0 aliphatic rings. The highest BCUT2D eigenvalue weighted by Crippen LogP contribution is 2.39. The van der Waals surface area contributed by atoms with Gasteiger partial charge in [0.2, 0.25) is 0 Å². The number of carbonyl (C=O) groups is 2. The van der Waals surface area contributed by atoms with Crippen LogP contribution in [0.15, 0.2) is 60.7 Å². The lowest BCUT2D eigenvalue weighted by Gasteiger charge is -2.16. The molecule has 8 heteroatoms. The van der Waals surface area contributed by atoms with Crippen LogP contribution in [0.2, 0.25) is 0 Å². The monoisotopic (exact) mass is 419 g/mol. The normalized spacial score (nSPS) is 10.3. The van der Waals surface area contributed by atoms with Crippen LogP contribution >= 0.6 is 0 Å². The maximum Gasteiger partial charge on any atom is 0.340 e. The average Bonchev–Trinajstić information content (AvgIpc) is 2.78. The summed E-state index contributed by atoms with van der Waals surface area (Å²) in [5.41, 5.74) is 7.43. The van der Waals surface area contributed by atoms with E-state index in [0.29, 0.717) is 22.4 Å². The fourth-order valence-corrected chi connectivity index (χ4v) is 3.21. The molecule has 0 spiro atoms. The van der Waals surface area contributed by atoms with Crippen molar-refractivity contribution in [3.05, 3.63) is 77.4 Å². The van der Waals surface area contributed by atoms with E-state index < -0.39 is 11.9 Å². The number of nitrogens with two attached hydrogens (primary N) is 1. The van der Waals surface area contributed by atoms with Gasteiger partial charge in [-0.3, -0.25) is 10.2 Å². The van der Waals surface area contributed by atoms with Gasteiger partial charge in [-0.2, -0.15) is 0 Å². The Morgan fingerprint density at radius 1 is 0.935 bits per heavy atom. The number of ether oxygens (including phenoxy) is 2. The number of hydrogen-bond acceptors (Lipinski definition) is 5. The highest BCUT2D eigenvalue weighted by atomic mass is 16.5. The van der Waals surface area contributed by atoms with Crippen molar-refractivity contribution < 1.29 is 24.2 Å². The second-order valence-corrected chi connectivity index (χ2v) is 6.52. The van der Waals surface area contributed by atoms with Gasteiger partial charge in [-0.25, -0.2) is 4.79 Å². The Hall–Kier alpha value is -4.33. The van der Waals surface area contributed by atoms with Crippen molar-refractivity contribution in [1.82, 2.24) is 0 Å². The largest absolute Gasteiger partial charge is 0.493 e. The van der Waals surface area contributed by atoms with E-state index in [4.69, 9.17) is 20.6 Å². The molecule has 3 rings (SSSR count). The van der Waals surface area contributed by atoms with Crippen molar-refractivity contribution >= 4 is 23.4 Å². The van der Waals surface area contributed by atoms with Crippen molar-refractivity contribution in [2.75, 3.05) is 19.5 Å². The van der Waals surface area contributed by atoms with Crippen LogP contribution in [0.3, 0.4) is 0 Å². The van der Waals surface area contributed by atoms with Crippen LogP contribution in [-0.2, 0) is 0 Å². The van der Waals surface area contributed by atoms with E-state index in [1.165, 1.54) is 14.2 Å². The Morgan fingerprint density at radius 3 is 2.19 bits per heavy atom. The fraction of sp³-hybridized carbons (Fsp3) is 0.0870. The molecule has 0 unspecified atom stereocenters. The van der Waals surface area contributed by atoms with Crippen molar-refractivity contribution in [2.24, 2.45) is 5.73 Å². The summed E-state index contributed by atoms with van der Waals surface area (Å²) in [6.07, 6.45) is 0. The van der Waals surface area contributed by atoms with Crippen molar-refractivity contribution in [2.45, 2.75) is 0 Å². The van der Waals surface area contributed by atoms with Crippen LogP contribution in [0.5, 0.6) is 11.5 Å². The van der Waals surface area contributed by atoms with Crippen LogP contribution in [0, 0.1) is 5.41 Å². The molecule has 31 heavy (non-hydrogen) atoms. The standard InChI is InChI=1S/C23H21N3O5/c1-30-18-12-11-16(19(23(28)29)20(18)31-2)15-5-3-4-6-17(15)22(27)26-14-9-7-13(8-10-14)21(24)25/h3-12H,1-2H3,(H3,24,25)(H,26,27)(H,28,29). The molecule has 0 aliphatic carbocycles. The van der Waals surface area contributed by atoms with Gasteiger partial charge in [-0.15, -0.1) is 0 Å². The molecular weight excluding hydrogens is 398 g/mol. The Bertz CT molecular complexity index is 1160. The highest BCUT2D eigenvalue weighted by Gasteiger charge is 2.24. The smallest absolute Gasteiger partial charge is 0.340 e. The van der Waals surface area contributed by atoms with E-state index in [2.05, 4.69) is 5.32 Å². The SMILES string of the molecule is COc1ccc(-c2ccccc2C(=O)Nc2ccc(C(=N)N)cc2)c(C(=O)O)c1OC. The first kappa shape index (κ1) is 21.4. The number of amidine groups is 1. The molecule has 3 aromatic rings. The molecule has 0 saturated heterocycles. The molecule has 3 aromatic carbocycles. The Labute approximate surface area is 178 Å². The zero-order chi connectivity index (χ0) is 22.5. The van der Waals surface area contributed by atoms with Gasteiger partial charge in [0.1, 0.15) is 11.4 Å². The predicted octanol–water partition coefficient (Wildman–Crippen LogP) is 3.61. The molecule has 5 N–H and O–H groups in total. The number of nitrogens with one attached hydrogen (secondary N) is 2. The third-order valence-corrected chi connectivity index (χ3v) is 4.68. The number of carboxylic acids is 1. The first-order valence-corrected chi connectivity index (χ1v) is 9.20. The van der Waals surface area contributed by atoms with Crippen LogP contribution in [0.4, 0.5) is 5.69 Å². The summed E-state index contributed by atoms with van der Waals surface area (Å²) in [5.74, 6) is -1.35. The van der Waals surface area contributed by atoms with Gasteiger partial charge in [0.15, 0.2) is 11.5 Å². The lowest BCUT2D eigenvalue weighted by molar-refractivity contribution is 0.0693. The lowest BCUT2D eigenvalue weighted by Crippen LogP contribution is -2.15. The number of rotatable bonds is 7. The van der Waals surface area contributed by atoms with Crippen LogP contribution in [-0.4, -0.2) is 37.0 Å². The number of anilines is 1. The quantitative estimate of drug-likeness (QED) is 0.341. The number of amides is 1. The summed E-state index contributed by atoms with van der Waals surface area (Å²) in [6, 6.07) is 16.4. The van der Waals surface area contributed by atoms with Gasteiger partial charge in [-0.05, 0) is 48.0 Å². The van der Waals surface area contributed by atoms with Gasteiger partial charge in [-0.1, -0.05) is 18.2 Å². The molecule has 0 bridgehead atoms. The Balaban J connectivity index is 2.05. The molecule has 0 radical (unpaired) electrons. The van der Waals surface area contributed by atoms with E-state index in [1.54, 1.807) is 60.7 Å². The third-order valence-electron chi connectivity index (χ3n) is 4.68. The van der Waals surface area contributed by atoms with E-state index >= 15 is 0 Å². The molecule has 1 amide bonds. The molecule has 158 valence electrons. The minimum atomic E-state index is -1.21. The molecule has 8 nitrogen and oxygen atoms in total. The second-order valence-electron chi connectivity index (χ2n) is 6.52. The molecule has 0 aromatic heterocycles. The number of nitrogen functional groups attached to an aromatic ring is 1. The predicted molar refractivity (Wildman–Crippen MR) is 117 cm³/mol. The van der Waals surface area contributed by atoms with E-state index in [9.17, 15) is 14.7 Å². The summed E-state index contributed by atoms with van der Waals surface area (Å²) in [5, 5.41) is 20.1. The average molecular weight is 419 g/mol. The van der Waals surface area contributed by atoms with Gasteiger partial charge in [0.25, 0.3) is 5.91 Å². The molecule has 0 aliphatic heterocycles. The van der Waals surface area contributed by atoms with E-state index in [0.717, 1.165) is 0 Å². The number of hydrogen-bond donors (Lipinski definition) is 4. The number of aromatic carboxylic acids is 1. The van der Waals surface area contributed by atoms with Crippen LogP contribution < -0.4 is 20.5 Å². The van der Waals surface area contributed by atoms with Gasteiger partial charge >= 0.3 is 5.97 Å². The molecule has 0 atom stereocenters. The first-order valence-electron chi connectivity index (χ1n) is 9.20. The van der Waals surface area contributed by atoms with Gasteiger partial charge in [0.05, 0.1) is 14.2 Å². The number of methoxy groups -OCH3 is 2. The van der Waals surface area contributed by atoms with Gasteiger partial charge < -0.3 is 25.6 Å². The van der Waals surface area contributed by atoms with Gasteiger partial charge in [0, 0.05) is 22.4 Å². The third kappa shape index (κ3) is 4.32. The maximum absolute atomic E-state index is 13.0. The van der Waals surface area contributed by atoms with Crippen molar-refractivity contribution in [3.8, 4) is 22.6 Å². The van der Waals surface area contributed by atoms with Crippen molar-refractivity contribution in [1.29, 1.82) is 5.41 Å². The first-order chi connectivity index (χ1) is 14.9. The summed E-state index contributed by atoms with van der Waals surface area (Å²) in [6.45, 7) is 0. The topological polar surface area (TPSA) is 135 Å². The number of carbonyl (C=O) groups excluding carboxylic acids is 1. The second kappa shape index (κ2) is 9.00. The number of benzene rings is 3. The lowest BCUT2D eigenvalue weighted by atomic mass is 9.94. The molecular formula is C23H21N3O5. The Kier molecular flexibility index (Phi) is 6.21. The van der Waals surface area contributed by atoms with Crippen LogP contribution in [0.1, 0.15) is 26.3 Å². The maximum atomic E-state index is 13.0. The summed E-state index contributed by atoms with van der Waals surface area (Å²) in [4.78, 5) is 25.0. The van der Waals surface area contributed by atoms with E-state index in [-0.39, 0.29) is 28.5 Å². The summed E-state index contributed by atoms with van der Waals surface area (Å²) >= 11 is 0. The minimum Gasteiger partial charge on any atom is -0.493 e. The van der Waals surface area contributed by atoms with Crippen LogP contribution in [0.25, 0.3) is 11.1 Å². The molecule has 0 heterocycles. The fourth-order valence-electron chi connectivity index (χ4n) is 3.21. The number of carboxylic acid groups (broad SMARTS) is 1. The van der Waals surface area contributed by atoms with E-state index in [1.807, 2.05) is 0 Å². The zero-order valence-electron chi connectivity index (χ0n) is 16.9. The summed E-state index contributed by atoms with van der Waals surface area (Å²) in [7, 11) is 2.78. The Morgan fingerprint density at radius 2 is 1.61 bits per heavy atom. The minimum absolute atomic E-state index is 0.0714. The zero-order valence-corrected chi connectivity index (χ0v) is 16.9. The highest BCUT2D eigenvalue weighted by molar-refractivity contribution is 6.11. The van der Waals surface area contributed by atoms with Crippen molar-refractivity contribution in [3.63, 3.8) is 0 Å². The molecule has 0 saturated carbocycles. The molecule has 0 fully saturated rings.